The summed E-state index contributed by atoms with van der Waals surface area (Å²) in [5, 5.41) is 13.8. The van der Waals surface area contributed by atoms with Gasteiger partial charge in [-0.2, -0.15) is 0 Å². The molecule has 0 bridgehead atoms. The summed E-state index contributed by atoms with van der Waals surface area (Å²) in [6.07, 6.45) is 3.05. The highest BCUT2D eigenvalue weighted by molar-refractivity contribution is 5.82. The zero-order chi connectivity index (χ0) is 11.3. The highest BCUT2D eigenvalue weighted by Gasteiger charge is 2.23. The van der Waals surface area contributed by atoms with E-state index in [1.807, 2.05) is 0 Å². The van der Waals surface area contributed by atoms with Crippen molar-refractivity contribution in [3.05, 3.63) is 0 Å². The lowest BCUT2D eigenvalue weighted by atomic mass is 9.93. The smallest absolute Gasteiger partial charge is 0.328 e. The zero-order valence-electron chi connectivity index (χ0n) is 8.66. The summed E-state index contributed by atoms with van der Waals surface area (Å²) in [5.74, 6) is -1.10. The first-order valence-corrected chi connectivity index (χ1v) is 4.92. The molecular formula is C9H16N2O4. The van der Waals surface area contributed by atoms with E-state index >= 15 is 0 Å². The third kappa shape index (κ3) is 3.75. The average molecular weight is 216 g/mol. The number of hydrogen-bond acceptors (Lipinski definition) is 3. The Hall–Kier alpha value is -1.30. The first-order valence-electron chi connectivity index (χ1n) is 4.92. The van der Waals surface area contributed by atoms with Crippen LogP contribution in [0.5, 0.6) is 0 Å². The summed E-state index contributed by atoms with van der Waals surface area (Å²) in [6, 6.07) is -1.23. The van der Waals surface area contributed by atoms with Crippen molar-refractivity contribution >= 4 is 12.0 Å². The molecule has 0 saturated heterocycles. The fraction of sp³-hybridized carbons (Fsp3) is 0.778. The van der Waals surface area contributed by atoms with Crippen molar-refractivity contribution in [2.24, 2.45) is 0 Å². The Bertz CT molecular complexity index is 240. The largest absolute Gasteiger partial charge is 0.480 e. The number of hydrogen-bond donors (Lipinski definition) is 3. The van der Waals surface area contributed by atoms with Crippen LogP contribution < -0.4 is 10.6 Å². The molecule has 0 heterocycles. The topological polar surface area (TPSA) is 87.7 Å². The first-order chi connectivity index (χ1) is 7.13. The molecule has 1 unspecified atom stereocenters. The molecule has 6 heteroatoms. The molecule has 0 radical (unpaired) electrons. The van der Waals surface area contributed by atoms with E-state index in [1.54, 1.807) is 0 Å². The lowest BCUT2D eigenvalue weighted by molar-refractivity contribution is -0.140. The third-order valence-corrected chi connectivity index (χ3v) is 2.38. The number of carboxylic acid groups (broad SMARTS) is 1. The van der Waals surface area contributed by atoms with Gasteiger partial charge in [0.15, 0.2) is 6.04 Å². The molecule has 0 aromatic rings. The number of nitrogens with one attached hydrogen (secondary N) is 2. The third-order valence-electron chi connectivity index (χ3n) is 2.38. The molecule has 1 saturated carbocycles. The molecule has 1 fully saturated rings. The minimum atomic E-state index is -1.10. The fourth-order valence-electron chi connectivity index (χ4n) is 1.28. The maximum Gasteiger partial charge on any atom is 0.328 e. The minimum absolute atomic E-state index is 0.0343. The van der Waals surface area contributed by atoms with Crippen LogP contribution in [0.3, 0.4) is 0 Å². The summed E-state index contributed by atoms with van der Waals surface area (Å²) in [6.45, 7) is -0.0343. The number of carbonyl (C=O) groups is 2. The van der Waals surface area contributed by atoms with Crippen molar-refractivity contribution in [1.82, 2.24) is 10.6 Å². The standard InChI is InChI=1S/C9H16N2O4/c1-15-5-7(8(12)13)11-9(14)10-6-3-2-4-6/h6-7H,2-5H2,1H3,(H,12,13)(H2,10,11,14). The van der Waals surface area contributed by atoms with Crippen LogP contribution >= 0.6 is 0 Å². The molecule has 1 aliphatic rings. The van der Waals surface area contributed by atoms with Crippen LogP contribution in [0, 0.1) is 0 Å². The number of ether oxygens (including phenoxy) is 1. The predicted octanol–water partition coefficient (Wildman–Crippen LogP) is -0.0623. The van der Waals surface area contributed by atoms with Crippen LogP contribution in [0.4, 0.5) is 4.79 Å². The summed E-state index contributed by atoms with van der Waals surface area (Å²) in [5.41, 5.74) is 0. The predicted molar refractivity (Wildman–Crippen MR) is 52.6 cm³/mol. The molecule has 0 aromatic carbocycles. The van der Waals surface area contributed by atoms with Crippen molar-refractivity contribution < 1.29 is 19.4 Å². The molecule has 1 atom stereocenters. The number of amides is 2. The Kier molecular flexibility index (Phi) is 4.36. The second-order valence-electron chi connectivity index (χ2n) is 3.59. The number of aliphatic carboxylic acids is 1. The molecule has 2 amide bonds. The van der Waals surface area contributed by atoms with Gasteiger partial charge in [-0.25, -0.2) is 9.59 Å². The van der Waals surface area contributed by atoms with Crippen molar-refractivity contribution in [3.63, 3.8) is 0 Å². The van der Waals surface area contributed by atoms with Crippen LogP contribution in [-0.4, -0.2) is 42.9 Å². The van der Waals surface area contributed by atoms with E-state index in [0.717, 1.165) is 19.3 Å². The monoisotopic (exact) mass is 216 g/mol. The average Bonchev–Trinajstić information content (AvgIpc) is 2.10. The van der Waals surface area contributed by atoms with Crippen LogP contribution in [0.25, 0.3) is 0 Å². The second-order valence-corrected chi connectivity index (χ2v) is 3.59. The van der Waals surface area contributed by atoms with Gasteiger partial charge in [0.05, 0.1) is 6.61 Å². The van der Waals surface area contributed by atoms with E-state index in [2.05, 4.69) is 15.4 Å². The summed E-state index contributed by atoms with van der Waals surface area (Å²) >= 11 is 0. The van der Waals surface area contributed by atoms with Gasteiger partial charge in [0.1, 0.15) is 0 Å². The molecular weight excluding hydrogens is 200 g/mol. The Balaban J connectivity index is 2.28. The lowest BCUT2D eigenvalue weighted by Gasteiger charge is -2.27. The number of urea groups is 1. The van der Waals surface area contributed by atoms with Gasteiger partial charge < -0.3 is 20.5 Å². The summed E-state index contributed by atoms with van der Waals surface area (Å²) < 4.78 is 4.69. The van der Waals surface area contributed by atoms with Gasteiger partial charge in [-0.3, -0.25) is 0 Å². The van der Waals surface area contributed by atoms with E-state index in [-0.39, 0.29) is 12.6 Å². The van der Waals surface area contributed by atoms with Gasteiger partial charge in [0.25, 0.3) is 0 Å². The molecule has 86 valence electrons. The molecule has 1 aliphatic carbocycles. The van der Waals surface area contributed by atoms with Gasteiger partial charge in [0, 0.05) is 13.2 Å². The van der Waals surface area contributed by atoms with Crippen LogP contribution in [-0.2, 0) is 9.53 Å². The van der Waals surface area contributed by atoms with Crippen molar-refractivity contribution in [1.29, 1.82) is 0 Å². The second kappa shape index (κ2) is 5.55. The van der Waals surface area contributed by atoms with Crippen molar-refractivity contribution in [2.45, 2.75) is 31.3 Å². The fourth-order valence-corrected chi connectivity index (χ4v) is 1.28. The lowest BCUT2D eigenvalue weighted by Crippen LogP contribution is -2.52. The van der Waals surface area contributed by atoms with Crippen LogP contribution in [0.15, 0.2) is 0 Å². The number of carbonyl (C=O) groups excluding carboxylic acids is 1. The molecule has 0 aromatic heterocycles. The number of methoxy groups -OCH3 is 1. The molecule has 6 nitrogen and oxygen atoms in total. The number of rotatable bonds is 5. The van der Waals surface area contributed by atoms with E-state index in [4.69, 9.17) is 5.11 Å². The Morgan fingerprint density at radius 1 is 1.53 bits per heavy atom. The molecule has 1 rings (SSSR count). The summed E-state index contributed by atoms with van der Waals surface area (Å²) in [4.78, 5) is 22.0. The van der Waals surface area contributed by atoms with E-state index < -0.39 is 18.0 Å². The van der Waals surface area contributed by atoms with Gasteiger partial charge in [-0.1, -0.05) is 0 Å². The summed E-state index contributed by atoms with van der Waals surface area (Å²) in [7, 11) is 1.39. The Morgan fingerprint density at radius 2 is 2.20 bits per heavy atom. The quantitative estimate of drug-likeness (QED) is 0.600. The van der Waals surface area contributed by atoms with Gasteiger partial charge in [-0.15, -0.1) is 0 Å². The van der Waals surface area contributed by atoms with E-state index in [9.17, 15) is 9.59 Å². The van der Waals surface area contributed by atoms with E-state index in [1.165, 1.54) is 7.11 Å². The maximum atomic E-state index is 11.3. The maximum absolute atomic E-state index is 11.3. The van der Waals surface area contributed by atoms with Crippen LogP contribution in [0.1, 0.15) is 19.3 Å². The zero-order valence-corrected chi connectivity index (χ0v) is 8.66. The molecule has 3 N–H and O–H groups in total. The van der Waals surface area contributed by atoms with Gasteiger partial charge in [0.2, 0.25) is 0 Å². The first kappa shape index (κ1) is 11.8. The highest BCUT2D eigenvalue weighted by atomic mass is 16.5. The molecule has 0 spiro atoms. The van der Waals surface area contributed by atoms with Crippen LogP contribution in [0.2, 0.25) is 0 Å². The Morgan fingerprint density at radius 3 is 2.60 bits per heavy atom. The SMILES string of the molecule is COCC(NC(=O)NC1CCC1)C(=O)O. The normalized spacial score (nSPS) is 17.7. The number of carboxylic acids is 1. The van der Waals surface area contributed by atoms with Crippen molar-refractivity contribution in [2.75, 3.05) is 13.7 Å². The Labute approximate surface area is 88.0 Å². The van der Waals surface area contributed by atoms with Gasteiger partial charge in [-0.05, 0) is 19.3 Å². The minimum Gasteiger partial charge on any atom is -0.480 e. The molecule has 0 aliphatic heterocycles. The highest BCUT2D eigenvalue weighted by Crippen LogP contribution is 2.17. The molecule has 15 heavy (non-hydrogen) atoms. The van der Waals surface area contributed by atoms with Gasteiger partial charge >= 0.3 is 12.0 Å². The van der Waals surface area contributed by atoms with Crippen molar-refractivity contribution in [3.8, 4) is 0 Å². The van der Waals surface area contributed by atoms with E-state index in [0.29, 0.717) is 0 Å².